The maximum Gasteiger partial charge on any atom is 0.259 e. The van der Waals surface area contributed by atoms with Gasteiger partial charge in [0.15, 0.2) is 5.82 Å². The molecule has 1 fully saturated rings. The summed E-state index contributed by atoms with van der Waals surface area (Å²) >= 11 is 6.39. The number of rotatable bonds is 4. The predicted molar refractivity (Wildman–Crippen MR) is 113 cm³/mol. The van der Waals surface area contributed by atoms with Crippen LogP contribution in [0.25, 0.3) is 22.0 Å². The van der Waals surface area contributed by atoms with Crippen molar-refractivity contribution in [1.29, 1.82) is 0 Å². The molecule has 0 aliphatic carbocycles. The highest BCUT2D eigenvalue weighted by molar-refractivity contribution is 6.50. The summed E-state index contributed by atoms with van der Waals surface area (Å²) in [6.45, 7) is 2.15. The summed E-state index contributed by atoms with van der Waals surface area (Å²) in [7, 11) is 0. The van der Waals surface area contributed by atoms with Gasteiger partial charge >= 0.3 is 0 Å². The zero-order chi connectivity index (χ0) is 20.4. The highest BCUT2D eigenvalue weighted by Gasteiger charge is 2.11. The lowest BCUT2D eigenvalue weighted by atomic mass is 10.1. The standard InChI is InChI=1S/C22H20ClN3O3/c23-18(12-14-4-7-16(8-5-14)26-10-2-1-3-11-26)20-24-19-13-15(22(28)29)6-9-17(19)21(27)25-20/h4-9,12-13H,1-3,10-11H2,(H,28,29)(H,24,25,27)/p-1/b18-12-. The number of nitrogens with one attached hydrogen (secondary N) is 1. The summed E-state index contributed by atoms with van der Waals surface area (Å²) in [5.74, 6) is -1.15. The normalized spacial score (nSPS) is 14.9. The second-order valence-corrected chi connectivity index (χ2v) is 7.47. The Kier molecular flexibility index (Phi) is 5.36. The van der Waals surface area contributed by atoms with E-state index in [1.807, 2.05) is 12.1 Å². The molecule has 3 aromatic rings. The number of aromatic amines is 1. The van der Waals surface area contributed by atoms with Crippen LogP contribution in [0.1, 0.15) is 41.0 Å². The molecule has 1 N–H and O–H groups in total. The van der Waals surface area contributed by atoms with Gasteiger partial charge in [0, 0.05) is 18.8 Å². The van der Waals surface area contributed by atoms with Crippen LogP contribution in [0.3, 0.4) is 0 Å². The number of carbonyl (C=O) groups excluding carboxylic acids is 1. The Morgan fingerprint density at radius 3 is 2.52 bits per heavy atom. The SMILES string of the molecule is O=C([O-])c1ccc2c(=O)[nH]c(/C(Cl)=C/c3ccc(N4CCCCC4)cc3)nc2c1. The average molecular weight is 409 g/mol. The van der Waals surface area contributed by atoms with E-state index in [-0.39, 0.29) is 32.9 Å². The monoisotopic (exact) mass is 408 g/mol. The Morgan fingerprint density at radius 2 is 1.83 bits per heavy atom. The molecule has 0 atom stereocenters. The second-order valence-electron chi connectivity index (χ2n) is 7.07. The lowest BCUT2D eigenvalue weighted by Gasteiger charge is -2.28. The Labute approximate surface area is 172 Å². The van der Waals surface area contributed by atoms with Crippen molar-refractivity contribution in [3.63, 3.8) is 0 Å². The van der Waals surface area contributed by atoms with Crippen molar-refractivity contribution >= 4 is 45.3 Å². The quantitative estimate of drug-likeness (QED) is 0.716. The molecule has 0 amide bonds. The number of carboxylic acids is 1. The summed E-state index contributed by atoms with van der Waals surface area (Å²) in [5, 5.41) is 11.6. The molecular weight excluding hydrogens is 390 g/mol. The smallest absolute Gasteiger partial charge is 0.259 e. The topological polar surface area (TPSA) is 89.1 Å². The summed E-state index contributed by atoms with van der Waals surface area (Å²) in [6, 6.07) is 12.1. The number of hydrogen-bond acceptors (Lipinski definition) is 5. The van der Waals surface area contributed by atoms with E-state index in [4.69, 9.17) is 11.6 Å². The van der Waals surface area contributed by atoms with Crippen LogP contribution in [0.15, 0.2) is 47.3 Å². The zero-order valence-electron chi connectivity index (χ0n) is 15.7. The lowest BCUT2D eigenvalue weighted by molar-refractivity contribution is -0.255. The van der Waals surface area contributed by atoms with Gasteiger partial charge in [0.1, 0.15) is 0 Å². The van der Waals surface area contributed by atoms with Crippen LogP contribution in [0.4, 0.5) is 5.69 Å². The van der Waals surface area contributed by atoms with Gasteiger partial charge in [-0.15, -0.1) is 0 Å². The minimum Gasteiger partial charge on any atom is -0.545 e. The molecule has 1 saturated heterocycles. The third-order valence-corrected chi connectivity index (χ3v) is 5.36. The third kappa shape index (κ3) is 4.17. The molecule has 1 aliphatic heterocycles. The Morgan fingerprint density at radius 1 is 1.10 bits per heavy atom. The number of carboxylic acid groups (broad SMARTS) is 1. The van der Waals surface area contributed by atoms with Gasteiger partial charge < -0.3 is 19.8 Å². The number of aromatic nitrogens is 2. The van der Waals surface area contributed by atoms with E-state index in [1.165, 1.54) is 43.1 Å². The molecule has 7 heteroatoms. The number of piperidine rings is 1. The molecule has 0 radical (unpaired) electrons. The van der Waals surface area contributed by atoms with Crippen molar-refractivity contribution in [2.75, 3.05) is 18.0 Å². The van der Waals surface area contributed by atoms with E-state index in [0.717, 1.165) is 18.7 Å². The van der Waals surface area contributed by atoms with E-state index in [0.29, 0.717) is 0 Å². The van der Waals surface area contributed by atoms with E-state index in [9.17, 15) is 14.7 Å². The molecule has 29 heavy (non-hydrogen) atoms. The molecule has 2 aromatic carbocycles. The number of H-pyrrole nitrogens is 1. The molecular formula is C22H19ClN3O3-. The van der Waals surface area contributed by atoms with E-state index >= 15 is 0 Å². The van der Waals surface area contributed by atoms with Crippen molar-refractivity contribution in [2.24, 2.45) is 0 Å². The summed E-state index contributed by atoms with van der Waals surface area (Å²) in [4.78, 5) is 32.7. The van der Waals surface area contributed by atoms with Gasteiger partial charge in [-0.1, -0.05) is 29.8 Å². The summed E-state index contributed by atoms with van der Waals surface area (Å²) < 4.78 is 0. The van der Waals surface area contributed by atoms with Crippen LogP contribution >= 0.6 is 11.6 Å². The third-order valence-electron chi connectivity index (χ3n) is 5.08. The highest BCUT2D eigenvalue weighted by atomic mass is 35.5. The highest BCUT2D eigenvalue weighted by Crippen LogP contribution is 2.24. The average Bonchev–Trinajstić information content (AvgIpc) is 2.74. The minimum absolute atomic E-state index is 0.0463. The maximum atomic E-state index is 12.3. The number of anilines is 1. The van der Waals surface area contributed by atoms with Crippen molar-refractivity contribution in [3.05, 3.63) is 69.8 Å². The van der Waals surface area contributed by atoms with Crippen LogP contribution in [-0.2, 0) is 0 Å². The van der Waals surface area contributed by atoms with Gasteiger partial charge in [-0.05, 0) is 60.7 Å². The predicted octanol–water partition coefficient (Wildman–Crippen LogP) is 3.01. The summed E-state index contributed by atoms with van der Waals surface area (Å²) in [6.07, 6.45) is 5.44. The summed E-state index contributed by atoms with van der Waals surface area (Å²) in [5.41, 5.74) is 1.88. The molecule has 6 nitrogen and oxygen atoms in total. The Hall–Kier alpha value is -3.12. The Balaban J connectivity index is 1.63. The first-order valence-corrected chi connectivity index (χ1v) is 9.87. The molecule has 0 saturated carbocycles. The van der Waals surface area contributed by atoms with Crippen LogP contribution in [0.2, 0.25) is 0 Å². The Bertz CT molecular complexity index is 1150. The molecule has 1 aliphatic rings. The van der Waals surface area contributed by atoms with Crippen LogP contribution in [-0.4, -0.2) is 29.0 Å². The van der Waals surface area contributed by atoms with E-state index < -0.39 is 5.97 Å². The maximum absolute atomic E-state index is 12.3. The fraction of sp³-hybridized carbons (Fsp3) is 0.227. The zero-order valence-corrected chi connectivity index (χ0v) is 16.4. The number of fused-ring (bicyclic) bond motifs is 1. The van der Waals surface area contributed by atoms with Crippen molar-refractivity contribution in [1.82, 2.24) is 9.97 Å². The number of carbonyl (C=O) groups is 1. The van der Waals surface area contributed by atoms with E-state index in [2.05, 4.69) is 27.0 Å². The number of hydrogen-bond donors (Lipinski definition) is 1. The molecule has 0 spiro atoms. The second kappa shape index (κ2) is 8.09. The lowest BCUT2D eigenvalue weighted by Crippen LogP contribution is -2.29. The molecule has 2 heterocycles. The van der Waals surface area contributed by atoms with Gasteiger partial charge in [0.2, 0.25) is 0 Å². The fourth-order valence-electron chi connectivity index (χ4n) is 3.53. The van der Waals surface area contributed by atoms with Gasteiger partial charge in [-0.2, -0.15) is 0 Å². The number of nitrogens with zero attached hydrogens (tertiary/aromatic N) is 2. The van der Waals surface area contributed by atoms with Crippen LogP contribution in [0, 0.1) is 0 Å². The molecule has 4 rings (SSSR count). The first-order chi connectivity index (χ1) is 14.0. The van der Waals surface area contributed by atoms with Gasteiger partial charge in [0.25, 0.3) is 5.56 Å². The molecule has 148 valence electrons. The largest absolute Gasteiger partial charge is 0.545 e. The number of halogens is 1. The first-order valence-electron chi connectivity index (χ1n) is 9.49. The van der Waals surface area contributed by atoms with Crippen molar-refractivity contribution < 1.29 is 9.90 Å². The molecule has 0 unspecified atom stereocenters. The van der Waals surface area contributed by atoms with Crippen LogP contribution in [0.5, 0.6) is 0 Å². The first kappa shape index (κ1) is 19.2. The fourth-order valence-corrected chi connectivity index (χ4v) is 3.74. The number of aromatic carboxylic acids is 1. The van der Waals surface area contributed by atoms with Crippen molar-refractivity contribution in [3.8, 4) is 0 Å². The van der Waals surface area contributed by atoms with E-state index in [1.54, 1.807) is 6.08 Å². The van der Waals surface area contributed by atoms with Crippen LogP contribution < -0.4 is 15.6 Å². The van der Waals surface area contributed by atoms with Crippen molar-refractivity contribution in [2.45, 2.75) is 19.3 Å². The van der Waals surface area contributed by atoms with Gasteiger partial charge in [-0.25, -0.2) is 4.98 Å². The molecule has 1 aromatic heterocycles. The number of benzene rings is 2. The molecule has 0 bridgehead atoms. The van der Waals surface area contributed by atoms with Gasteiger partial charge in [-0.3, -0.25) is 4.79 Å². The minimum atomic E-state index is -1.33. The van der Waals surface area contributed by atoms with Gasteiger partial charge in [0.05, 0.1) is 21.9 Å².